The van der Waals surface area contributed by atoms with E-state index >= 15 is 0 Å². The molecule has 1 atom stereocenters. The second-order valence-corrected chi connectivity index (χ2v) is 8.95. The van der Waals surface area contributed by atoms with Gasteiger partial charge in [-0.15, -0.1) is 0 Å². The smallest absolute Gasteiger partial charge is 0.213 e. The van der Waals surface area contributed by atoms with Gasteiger partial charge >= 0.3 is 0 Å². The van der Waals surface area contributed by atoms with E-state index in [4.69, 9.17) is 10.5 Å². The second-order valence-electron chi connectivity index (χ2n) is 6.63. The van der Waals surface area contributed by atoms with Crippen molar-refractivity contribution < 1.29 is 13.2 Å². The van der Waals surface area contributed by atoms with E-state index in [2.05, 4.69) is 16.9 Å². The highest BCUT2D eigenvalue weighted by atomic mass is 32.2. The number of benzene rings is 2. The third kappa shape index (κ3) is 5.56. The topological polar surface area (TPSA) is 81.4 Å². The van der Waals surface area contributed by atoms with Gasteiger partial charge in [0.25, 0.3) is 0 Å². The molecule has 142 valence electrons. The van der Waals surface area contributed by atoms with E-state index in [-0.39, 0.29) is 5.92 Å². The van der Waals surface area contributed by atoms with Crippen LogP contribution in [0.5, 0.6) is 5.75 Å². The quantitative estimate of drug-likeness (QED) is 0.704. The highest BCUT2D eigenvalue weighted by Gasteiger charge is 2.17. The summed E-state index contributed by atoms with van der Waals surface area (Å²) in [6.45, 7) is 6.76. The Labute approximate surface area is 156 Å². The first-order valence-electron chi connectivity index (χ1n) is 8.85. The molecule has 5 nitrogen and oxygen atoms in total. The first-order valence-corrected chi connectivity index (χ1v) is 10.4. The van der Waals surface area contributed by atoms with Gasteiger partial charge in [-0.2, -0.15) is 0 Å². The lowest BCUT2D eigenvalue weighted by molar-refractivity contribution is 0.328. The molecule has 0 spiro atoms. The Morgan fingerprint density at radius 2 is 1.50 bits per heavy atom. The van der Waals surface area contributed by atoms with Gasteiger partial charge in [-0.05, 0) is 48.6 Å². The molecule has 0 bridgehead atoms. The molecular weight excluding hydrogens is 348 g/mol. The van der Waals surface area contributed by atoms with Gasteiger partial charge in [-0.25, -0.2) is 13.1 Å². The van der Waals surface area contributed by atoms with E-state index in [1.165, 1.54) is 0 Å². The minimum Gasteiger partial charge on any atom is -0.492 e. The van der Waals surface area contributed by atoms with Crippen LogP contribution in [0.15, 0.2) is 48.5 Å². The Morgan fingerprint density at radius 3 is 2.00 bits per heavy atom. The van der Waals surface area contributed by atoms with Crippen LogP contribution in [0.1, 0.15) is 32.3 Å². The van der Waals surface area contributed by atoms with Crippen molar-refractivity contribution in [1.29, 1.82) is 0 Å². The molecule has 2 rings (SSSR count). The lowest BCUT2D eigenvalue weighted by atomic mass is 9.98. The van der Waals surface area contributed by atoms with Crippen molar-refractivity contribution in [3.05, 3.63) is 54.1 Å². The lowest BCUT2D eigenvalue weighted by Gasteiger charge is -2.15. The average Bonchev–Trinajstić information content (AvgIpc) is 2.65. The molecule has 0 fully saturated rings. The summed E-state index contributed by atoms with van der Waals surface area (Å²) in [4.78, 5) is 0. The summed E-state index contributed by atoms with van der Waals surface area (Å²) < 4.78 is 31.9. The molecule has 0 aliphatic carbocycles. The maximum Gasteiger partial charge on any atom is 0.213 e. The van der Waals surface area contributed by atoms with Crippen LogP contribution >= 0.6 is 0 Å². The minimum atomic E-state index is -3.23. The first kappa shape index (κ1) is 20.4. The molecule has 0 aliphatic rings. The van der Waals surface area contributed by atoms with Crippen molar-refractivity contribution in [3.8, 4) is 16.9 Å². The van der Waals surface area contributed by atoms with Gasteiger partial charge in [0.05, 0.1) is 5.25 Å². The maximum atomic E-state index is 11.9. The molecule has 0 aromatic heterocycles. The van der Waals surface area contributed by atoms with Crippen molar-refractivity contribution in [2.24, 2.45) is 5.73 Å². The third-order valence-electron chi connectivity index (χ3n) is 4.27. The van der Waals surface area contributed by atoms with Crippen molar-refractivity contribution >= 4 is 10.0 Å². The molecule has 26 heavy (non-hydrogen) atoms. The van der Waals surface area contributed by atoms with Crippen LogP contribution in [0.2, 0.25) is 0 Å². The van der Waals surface area contributed by atoms with Gasteiger partial charge in [0, 0.05) is 13.1 Å². The molecule has 3 N–H and O–H groups in total. The first-order chi connectivity index (χ1) is 12.3. The molecule has 0 saturated heterocycles. The van der Waals surface area contributed by atoms with Crippen LogP contribution in [-0.2, 0) is 10.0 Å². The number of sulfonamides is 1. The van der Waals surface area contributed by atoms with Crippen LogP contribution in [0.3, 0.4) is 0 Å². The summed E-state index contributed by atoms with van der Waals surface area (Å²) in [5.41, 5.74) is 8.74. The Hall–Kier alpha value is -1.89. The number of hydrogen-bond acceptors (Lipinski definition) is 4. The highest BCUT2D eigenvalue weighted by Crippen LogP contribution is 2.25. The fourth-order valence-corrected chi connectivity index (χ4v) is 3.27. The van der Waals surface area contributed by atoms with Gasteiger partial charge < -0.3 is 10.5 Å². The molecule has 0 saturated carbocycles. The van der Waals surface area contributed by atoms with Gasteiger partial charge in [-0.3, -0.25) is 0 Å². The van der Waals surface area contributed by atoms with Crippen LogP contribution in [-0.4, -0.2) is 33.4 Å². The molecule has 0 aliphatic heterocycles. The Morgan fingerprint density at radius 1 is 0.962 bits per heavy atom. The molecule has 2 aromatic carbocycles. The summed E-state index contributed by atoms with van der Waals surface area (Å²) in [6.07, 6.45) is 0. The van der Waals surface area contributed by atoms with Crippen molar-refractivity contribution in [1.82, 2.24) is 4.72 Å². The van der Waals surface area contributed by atoms with Gasteiger partial charge in [-0.1, -0.05) is 43.3 Å². The zero-order valence-corrected chi connectivity index (χ0v) is 16.4. The summed E-state index contributed by atoms with van der Waals surface area (Å²) >= 11 is 0. The van der Waals surface area contributed by atoms with Crippen LogP contribution in [0.25, 0.3) is 11.1 Å². The minimum absolute atomic E-state index is 0.101. The molecule has 1 unspecified atom stereocenters. The van der Waals surface area contributed by atoms with Crippen LogP contribution in [0.4, 0.5) is 0 Å². The zero-order chi connectivity index (χ0) is 19.2. The lowest BCUT2D eigenvalue weighted by Crippen LogP contribution is -2.33. The third-order valence-corrected chi connectivity index (χ3v) is 6.08. The largest absolute Gasteiger partial charge is 0.492 e. The number of rotatable bonds is 9. The van der Waals surface area contributed by atoms with Crippen molar-refractivity contribution in [2.75, 3.05) is 19.7 Å². The fourth-order valence-electron chi connectivity index (χ4n) is 2.45. The molecule has 2 aromatic rings. The number of hydrogen-bond donors (Lipinski definition) is 2. The summed E-state index contributed by atoms with van der Waals surface area (Å²) in [5, 5.41) is -0.422. The van der Waals surface area contributed by atoms with Crippen LogP contribution in [0, 0.1) is 0 Å². The predicted molar refractivity (Wildman–Crippen MR) is 107 cm³/mol. The van der Waals surface area contributed by atoms with E-state index in [0.717, 1.165) is 22.4 Å². The summed E-state index contributed by atoms with van der Waals surface area (Å²) in [5.74, 6) is 0.909. The van der Waals surface area contributed by atoms with Gasteiger partial charge in [0.1, 0.15) is 12.4 Å². The summed E-state index contributed by atoms with van der Waals surface area (Å²) in [6, 6.07) is 16.1. The van der Waals surface area contributed by atoms with E-state index < -0.39 is 15.3 Å². The normalized spacial score (nSPS) is 13.0. The molecule has 0 radical (unpaired) electrons. The number of nitrogens with two attached hydrogens (primary N) is 1. The highest BCUT2D eigenvalue weighted by molar-refractivity contribution is 7.90. The molecule has 6 heteroatoms. The van der Waals surface area contributed by atoms with Crippen molar-refractivity contribution in [2.45, 2.75) is 31.9 Å². The van der Waals surface area contributed by atoms with E-state index in [0.29, 0.717) is 19.7 Å². The zero-order valence-electron chi connectivity index (χ0n) is 15.6. The predicted octanol–water partition coefficient (Wildman–Crippen LogP) is 3.12. The monoisotopic (exact) mass is 376 g/mol. The van der Waals surface area contributed by atoms with E-state index in [1.54, 1.807) is 13.8 Å². The second kappa shape index (κ2) is 9.16. The Bertz CT molecular complexity index is 785. The Kier molecular flexibility index (Phi) is 7.20. The number of ether oxygens (including phenoxy) is 1. The van der Waals surface area contributed by atoms with Crippen molar-refractivity contribution in [3.63, 3.8) is 0 Å². The average molecular weight is 377 g/mol. The van der Waals surface area contributed by atoms with Crippen LogP contribution < -0.4 is 15.2 Å². The molecule has 0 heterocycles. The number of nitrogens with one attached hydrogen (secondary N) is 1. The molecule has 0 amide bonds. The Balaban J connectivity index is 2.01. The standard InChI is InChI=1S/C20H28N2O3S/c1-15(2)26(23,24)22-14-16(3)17-4-6-18(7-5-17)19-8-10-20(11-9-19)25-13-12-21/h4-11,15-16,22H,12-14,21H2,1-3H3. The molecular formula is C20H28N2O3S. The maximum absolute atomic E-state index is 11.9. The SMILES string of the molecule is CC(CNS(=O)(=O)C(C)C)c1ccc(-c2ccc(OCCN)cc2)cc1. The van der Waals surface area contributed by atoms with Gasteiger partial charge in [0.2, 0.25) is 10.0 Å². The van der Waals surface area contributed by atoms with E-state index in [1.807, 2.05) is 43.3 Å². The summed E-state index contributed by atoms with van der Waals surface area (Å²) in [7, 11) is -3.23. The van der Waals surface area contributed by atoms with E-state index in [9.17, 15) is 8.42 Å². The fraction of sp³-hybridized carbons (Fsp3) is 0.400. The van der Waals surface area contributed by atoms with Gasteiger partial charge in [0.15, 0.2) is 0 Å².